The van der Waals surface area contributed by atoms with Gasteiger partial charge in [0.15, 0.2) is 6.04 Å². The van der Waals surface area contributed by atoms with Crippen molar-refractivity contribution in [3.05, 3.63) is 39.8 Å². The summed E-state index contributed by atoms with van der Waals surface area (Å²) in [6, 6.07) is 6.46. The number of methoxy groups -OCH3 is 1. The van der Waals surface area contributed by atoms with Crippen LogP contribution in [-0.2, 0) is 4.79 Å². The highest BCUT2D eigenvalue weighted by molar-refractivity contribution is 7.16. The molecule has 0 aliphatic heterocycles. The third-order valence-electron chi connectivity index (χ3n) is 2.43. The average Bonchev–Trinajstić information content (AvgIpc) is 2.82. The predicted octanol–water partition coefficient (Wildman–Crippen LogP) is 2.44. The number of nitrogens with zero attached hydrogens (tertiary/aromatic N) is 1. The maximum atomic E-state index is 11.5. The maximum Gasteiger partial charge on any atom is 0.247 e. The van der Waals surface area contributed by atoms with Gasteiger partial charge in [-0.15, -0.1) is 11.3 Å². The number of carbonyl (C=O) groups is 1. The van der Waals surface area contributed by atoms with E-state index in [1.807, 2.05) is 0 Å². The van der Waals surface area contributed by atoms with Crippen LogP contribution in [0.5, 0.6) is 5.75 Å². The molecule has 1 unspecified atom stereocenters. The van der Waals surface area contributed by atoms with Crippen LogP contribution in [0.2, 0.25) is 4.34 Å². The van der Waals surface area contributed by atoms with Gasteiger partial charge in [0, 0.05) is 5.69 Å². The highest BCUT2D eigenvalue weighted by Crippen LogP contribution is 2.27. The number of amides is 1. The number of ether oxygens (including phenoxy) is 1. The minimum Gasteiger partial charge on any atom is -0.497 e. The molecule has 3 N–H and O–H groups in total. The van der Waals surface area contributed by atoms with Crippen LogP contribution in [0.1, 0.15) is 11.0 Å². The summed E-state index contributed by atoms with van der Waals surface area (Å²) in [5, 5.41) is 3.55. The normalized spacial score (nSPS) is 11.9. The van der Waals surface area contributed by atoms with E-state index in [-0.39, 0.29) is 0 Å². The van der Waals surface area contributed by atoms with Gasteiger partial charge in [0.05, 0.1) is 13.3 Å². The second kappa shape index (κ2) is 5.90. The molecular weight excluding hydrogens is 286 g/mol. The number of aromatic nitrogens is 1. The Bertz CT molecular complexity index is 571. The Hall–Kier alpha value is -1.79. The molecule has 7 heteroatoms. The fourth-order valence-electron chi connectivity index (χ4n) is 1.51. The lowest BCUT2D eigenvalue weighted by molar-refractivity contribution is -0.118. The molecule has 19 heavy (non-hydrogen) atoms. The van der Waals surface area contributed by atoms with E-state index in [0.29, 0.717) is 9.34 Å². The number of primary amides is 1. The first-order valence-corrected chi connectivity index (χ1v) is 6.60. The zero-order chi connectivity index (χ0) is 13.8. The molecule has 1 atom stereocenters. The van der Waals surface area contributed by atoms with Crippen molar-refractivity contribution in [2.45, 2.75) is 6.04 Å². The molecule has 0 saturated heterocycles. The fraction of sp³-hybridized carbons (Fsp3) is 0.167. The van der Waals surface area contributed by atoms with Crippen molar-refractivity contribution in [1.82, 2.24) is 4.98 Å². The third kappa shape index (κ3) is 3.36. The first-order valence-electron chi connectivity index (χ1n) is 5.41. The molecule has 1 aromatic heterocycles. The first kappa shape index (κ1) is 13.6. The van der Waals surface area contributed by atoms with Gasteiger partial charge in [0.25, 0.3) is 0 Å². The summed E-state index contributed by atoms with van der Waals surface area (Å²) in [5.74, 6) is 0.223. The van der Waals surface area contributed by atoms with Crippen molar-refractivity contribution < 1.29 is 9.53 Å². The number of benzene rings is 1. The number of hydrogen-bond donors (Lipinski definition) is 2. The first-order chi connectivity index (χ1) is 9.10. The Morgan fingerprint density at radius 1 is 1.47 bits per heavy atom. The standard InChI is InChI=1S/C12H12ClN3O2S/c1-18-8-4-2-7(3-5-8)16-10(11(14)17)12-15-6-9(13)19-12/h2-6,10,16H,1H3,(H2,14,17). The van der Waals surface area contributed by atoms with E-state index in [1.54, 1.807) is 31.4 Å². The van der Waals surface area contributed by atoms with Crippen LogP contribution in [0.3, 0.4) is 0 Å². The average molecular weight is 298 g/mol. The van der Waals surface area contributed by atoms with E-state index in [1.165, 1.54) is 17.5 Å². The molecule has 0 saturated carbocycles. The van der Waals surface area contributed by atoms with Gasteiger partial charge in [-0.05, 0) is 24.3 Å². The summed E-state index contributed by atoms with van der Waals surface area (Å²) in [7, 11) is 1.59. The molecule has 100 valence electrons. The van der Waals surface area contributed by atoms with Gasteiger partial charge >= 0.3 is 0 Å². The van der Waals surface area contributed by atoms with Crippen LogP contribution in [0.4, 0.5) is 5.69 Å². The van der Waals surface area contributed by atoms with Gasteiger partial charge in [-0.1, -0.05) is 11.6 Å². The Balaban J connectivity index is 2.18. The topological polar surface area (TPSA) is 77.2 Å². The molecule has 1 heterocycles. The van der Waals surface area contributed by atoms with E-state index >= 15 is 0 Å². The molecule has 0 aliphatic rings. The molecule has 1 amide bonds. The Morgan fingerprint density at radius 3 is 2.63 bits per heavy atom. The predicted molar refractivity (Wildman–Crippen MR) is 75.7 cm³/mol. The number of anilines is 1. The van der Waals surface area contributed by atoms with Crippen molar-refractivity contribution in [2.75, 3.05) is 12.4 Å². The summed E-state index contributed by atoms with van der Waals surface area (Å²) in [4.78, 5) is 15.6. The molecule has 0 radical (unpaired) electrons. The van der Waals surface area contributed by atoms with Crippen LogP contribution in [-0.4, -0.2) is 18.0 Å². The molecule has 1 aromatic carbocycles. The largest absolute Gasteiger partial charge is 0.497 e. The number of thiazole rings is 1. The number of rotatable bonds is 5. The van der Waals surface area contributed by atoms with Crippen LogP contribution < -0.4 is 15.8 Å². The molecular formula is C12H12ClN3O2S. The van der Waals surface area contributed by atoms with E-state index in [0.717, 1.165) is 11.4 Å². The van der Waals surface area contributed by atoms with Gasteiger partial charge in [-0.2, -0.15) is 0 Å². The lowest BCUT2D eigenvalue weighted by Crippen LogP contribution is -2.27. The van der Waals surface area contributed by atoms with Gasteiger partial charge < -0.3 is 15.8 Å². The number of nitrogens with one attached hydrogen (secondary N) is 1. The zero-order valence-corrected chi connectivity index (χ0v) is 11.7. The lowest BCUT2D eigenvalue weighted by Gasteiger charge is -2.14. The molecule has 2 aromatic rings. The van der Waals surface area contributed by atoms with Crippen LogP contribution in [0.25, 0.3) is 0 Å². The molecule has 0 spiro atoms. The fourth-order valence-corrected chi connectivity index (χ4v) is 2.50. The minimum atomic E-state index is -0.703. The second-order valence-electron chi connectivity index (χ2n) is 3.71. The van der Waals surface area contributed by atoms with Crippen molar-refractivity contribution in [1.29, 1.82) is 0 Å². The number of carbonyl (C=O) groups excluding carboxylic acids is 1. The summed E-state index contributed by atoms with van der Waals surface area (Å²) < 4.78 is 5.57. The quantitative estimate of drug-likeness (QED) is 0.888. The summed E-state index contributed by atoms with van der Waals surface area (Å²) >= 11 is 7.03. The van der Waals surface area contributed by atoms with Crippen LogP contribution in [0.15, 0.2) is 30.5 Å². The van der Waals surface area contributed by atoms with Gasteiger partial charge in [-0.25, -0.2) is 4.98 Å². The smallest absolute Gasteiger partial charge is 0.247 e. The van der Waals surface area contributed by atoms with E-state index < -0.39 is 11.9 Å². The van der Waals surface area contributed by atoms with Crippen molar-refractivity contribution in [3.8, 4) is 5.75 Å². The minimum absolute atomic E-state index is 0.512. The third-order valence-corrected chi connectivity index (χ3v) is 3.61. The molecule has 0 bridgehead atoms. The highest BCUT2D eigenvalue weighted by atomic mass is 35.5. The van der Waals surface area contributed by atoms with Gasteiger partial charge in [-0.3, -0.25) is 4.79 Å². The molecule has 0 fully saturated rings. The van der Waals surface area contributed by atoms with Gasteiger partial charge in [0.2, 0.25) is 5.91 Å². The number of hydrogen-bond acceptors (Lipinski definition) is 5. The van der Waals surface area contributed by atoms with Crippen molar-refractivity contribution in [2.24, 2.45) is 5.73 Å². The van der Waals surface area contributed by atoms with E-state index in [9.17, 15) is 4.79 Å². The maximum absolute atomic E-state index is 11.5. The SMILES string of the molecule is COc1ccc(NC(C(N)=O)c2ncc(Cl)s2)cc1. The van der Waals surface area contributed by atoms with Crippen molar-refractivity contribution >= 4 is 34.5 Å². The van der Waals surface area contributed by atoms with E-state index in [4.69, 9.17) is 22.1 Å². The molecule has 0 aliphatic carbocycles. The zero-order valence-electron chi connectivity index (χ0n) is 10.1. The monoisotopic (exact) mass is 297 g/mol. The lowest BCUT2D eigenvalue weighted by atomic mass is 10.2. The Morgan fingerprint density at radius 2 is 2.16 bits per heavy atom. The summed E-state index contributed by atoms with van der Waals surface area (Å²) in [6.07, 6.45) is 1.49. The van der Waals surface area contributed by atoms with Gasteiger partial charge in [0.1, 0.15) is 15.1 Å². The summed E-state index contributed by atoms with van der Waals surface area (Å²) in [5.41, 5.74) is 6.13. The van der Waals surface area contributed by atoms with Crippen molar-refractivity contribution in [3.63, 3.8) is 0 Å². The second-order valence-corrected chi connectivity index (χ2v) is 5.40. The van der Waals surface area contributed by atoms with E-state index in [2.05, 4.69) is 10.3 Å². The highest BCUT2D eigenvalue weighted by Gasteiger charge is 2.21. The Labute approximate surface area is 119 Å². The molecule has 2 rings (SSSR count). The number of halogens is 1. The molecule has 5 nitrogen and oxygen atoms in total. The number of nitrogens with two attached hydrogens (primary N) is 1. The van der Waals surface area contributed by atoms with Crippen LogP contribution >= 0.6 is 22.9 Å². The summed E-state index contributed by atoms with van der Waals surface area (Å²) in [6.45, 7) is 0. The van der Waals surface area contributed by atoms with Crippen LogP contribution in [0, 0.1) is 0 Å². The Kier molecular flexibility index (Phi) is 4.24.